The van der Waals surface area contributed by atoms with Crippen molar-refractivity contribution in [2.45, 2.75) is 25.4 Å². The zero-order chi connectivity index (χ0) is 15.2. The van der Waals surface area contributed by atoms with Gasteiger partial charge in [-0.2, -0.15) is 0 Å². The molecule has 2 aromatic rings. The number of aromatic amines is 2. The summed E-state index contributed by atoms with van der Waals surface area (Å²) in [6.45, 7) is 2.06. The fourth-order valence-electron chi connectivity index (χ4n) is 2.15. The van der Waals surface area contributed by atoms with Crippen molar-refractivity contribution >= 4 is 5.91 Å². The number of nitrogens with zero attached hydrogens (tertiary/aromatic N) is 1. The van der Waals surface area contributed by atoms with Gasteiger partial charge < -0.3 is 10.4 Å². The van der Waals surface area contributed by atoms with E-state index in [2.05, 4.69) is 20.5 Å². The Bertz CT molecular complexity index is 633. The molecule has 7 heteroatoms. The molecule has 1 amide bonds. The van der Waals surface area contributed by atoms with Crippen LogP contribution in [-0.4, -0.2) is 38.8 Å². The van der Waals surface area contributed by atoms with E-state index in [1.807, 2.05) is 30.3 Å². The first-order valence-electron chi connectivity index (χ1n) is 6.72. The molecule has 7 nitrogen and oxygen atoms in total. The molecule has 1 aromatic heterocycles. The molecule has 0 aliphatic carbocycles. The maximum absolute atomic E-state index is 11.9. The Hall–Kier alpha value is -2.41. The molecule has 0 aliphatic heterocycles. The van der Waals surface area contributed by atoms with Gasteiger partial charge in [0.05, 0.1) is 6.10 Å². The van der Waals surface area contributed by atoms with E-state index in [4.69, 9.17) is 0 Å². The monoisotopic (exact) mass is 290 g/mol. The summed E-state index contributed by atoms with van der Waals surface area (Å²) in [7, 11) is 0. The molecular formula is C14H18N4O3. The minimum atomic E-state index is -0.524. The van der Waals surface area contributed by atoms with Gasteiger partial charge in [-0.25, -0.2) is 9.89 Å². The van der Waals surface area contributed by atoms with Gasteiger partial charge in [-0.3, -0.25) is 9.78 Å². The highest BCUT2D eigenvalue weighted by Crippen LogP contribution is 2.20. The number of amides is 1. The molecule has 1 heterocycles. The van der Waals surface area contributed by atoms with Gasteiger partial charge in [-0.15, -0.1) is 5.10 Å². The van der Waals surface area contributed by atoms with Crippen molar-refractivity contribution in [1.82, 2.24) is 20.5 Å². The first kappa shape index (κ1) is 15.0. The van der Waals surface area contributed by atoms with E-state index in [1.54, 1.807) is 6.92 Å². The first-order valence-corrected chi connectivity index (χ1v) is 6.72. The van der Waals surface area contributed by atoms with Crippen LogP contribution in [0.15, 0.2) is 35.1 Å². The van der Waals surface area contributed by atoms with Crippen LogP contribution in [0.25, 0.3) is 0 Å². The van der Waals surface area contributed by atoms with Crippen molar-refractivity contribution in [1.29, 1.82) is 0 Å². The molecular weight excluding hydrogens is 272 g/mol. The lowest BCUT2D eigenvalue weighted by Gasteiger charge is -2.19. The number of hydrogen-bond acceptors (Lipinski definition) is 4. The second kappa shape index (κ2) is 6.85. The number of H-pyrrole nitrogens is 2. The standard InChI is InChI=1S/C14H18N4O3/c1-9(19)7-11(10-5-3-2-4-6-10)8-15-13(20)12-16-14(21)18-17-12/h2-6,9,11,19H,7-8H2,1H3,(H,15,20)(H2,16,17,18,21). The van der Waals surface area contributed by atoms with Crippen LogP contribution in [0.4, 0.5) is 0 Å². The Morgan fingerprint density at radius 3 is 2.67 bits per heavy atom. The number of benzene rings is 1. The third-order valence-corrected chi connectivity index (χ3v) is 3.12. The zero-order valence-electron chi connectivity index (χ0n) is 11.7. The highest BCUT2D eigenvalue weighted by Gasteiger charge is 2.17. The van der Waals surface area contributed by atoms with E-state index in [0.29, 0.717) is 13.0 Å². The van der Waals surface area contributed by atoms with E-state index in [9.17, 15) is 14.7 Å². The van der Waals surface area contributed by atoms with Crippen LogP contribution in [0.2, 0.25) is 0 Å². The maximum Gasteiger partial charge on any atom is 0.341 e. The van der Waals surface area contributed by atoms with Gasteiger partial charge in [-0.1, -0.05) is 30.3 Å². The molecule has 0 radical (unpaired) electrons. The minimum Gasteiger partial charge on any atom is -0.393 e. The van der Waals surface area contributed by atoms with Crippen molar-refractivity contribution < 1.29 is 9.90 Å². The number of aliphatic hydroxyl groups is 1. The molecule has 0 bridgehead atoms. The number of aliphatic hydroxyl groups excluding tert-OH is 1. The number of carbonyl (C=O) groups excluding carboxylic acids is 1. The van der Waals surface area contributed by atoms with E-state index >= 15 is 0 Å². The Morgan fingerprint density at radius 2 is 2.10 bits per heavy atom. The number of nitrogens with one attached hydrogen (secondary N) is 3. The predicted molar refractivity (Wildman–Crippen MR) is 77.0 cm³/mol. The van der Waals surface area contributed by atoms with Crippen LogP contribution < -0.4 is 11.0 Å². The van der Waals surface area contributed by atoms with E-state index in [1.165, 1.54) is 0 Å². The smallest absolute Gasteiger partial charge is 0.341 e. The fraction of sp³-hybridized carbons (Fsp3) is 0.357. The quantitative estimate of drug-likeness (QED) is 0.616. The number of aromatic nitrogens is 3. The second-order valence-electron chi connectivity index (χ2n) is 4.93. The van der Waals surface area contributed by atoms with Crippen molar-refractivity contribution in [2.24, 2.45) is 0 Å². The molecule has 21 heavy (non-hydrogen) atoms. The molecule has 0 saturated carbocycles. The van der Waals surface area contributed by atoms with Crippen molar-refractivity contribution in [3.05, 3.63) is 52.2 Å². The summed E-state index contributed by atoms with van der Waals surface area (Å²) in [5.41, 5.74) is 0.512. The molecule has 0 aliphatic rings. The van der Waals surface area contributed by atoms with Gasteiger partial charge >= 0.3 is 5.69 Å². The lowest BCUT2D eigenvalue weighted by atomic mass is 9.93. The highest BCUT2D eigenvalue weighted by atomic mass is 16.3. The molecule has 2 unspecified atom stereocenters. The Labute approximate surface area is 121 Å². The maximum atomic E-state index is 11.9. The summed E-state index contributed by atoms with van der Waals surface area (Å²) in [4.78, 5) is 25.1. The zero-order valence-corrected chi connectivity index (χ0v) is 11.7. The molecule has 0 fully saturated rings. The van der Waals surface area contributed by atoms with Crippen LogP contribution >= 0.6 is 0 Å². The summed E-state index contributed by atoms with van der Waals surface area (Å²) in [6.07, 6.45) is 0.0544. The Morgan fingerprint density at radius 1 is 1.38 bits per heavy atom. The minimum absolute atomic E-state index is 0.0131. The molecule has 2 atom stereocenters. The molecule has 0 spiro atoms. The Kier molecular flexibility index (Phi) is 4.89. The molecule has 0 saturated heterocycles. The number of hydrogen-bond donors (Lipinski definition) is 4. The third-order valence-electron chi connectivity index (χ3n) is 3.12. The summed E-state index contributed by atoms with van der Waals surface area (Å²) in [6, 6.07) is 9.65. The van der Waals surface area contributed by atoms with E-state index in [-0.39, 0.29) is 11.7 Å². The molecule has 1 aromatic carbocycles. The van der Waals surface area contributed by atoms with Crippen molar-refractivity contribution in [3.8, 4) is 0 Å². The molecule has 112 valence electrons. The summed E-state index contributed by atoms with van der Waals surface area (Å²) >= 11 is 0. The average molecular weight is 290 g/mol. The normalized spacial score (nSPS) is 13.6. The summed E-state index contributed by atoms with van der Waals surface area (Å²) in [5, 5.41) is 18.0. The van der Waals surface area contributed by atoms with E-state index in [0.717, 1.165) is 5.56 Å². The van der Waals surface area contributed by atoms with Gasteiger partial charge in [0.25, 0.3) is 5.91 Å². The van der Waals surface area contributed by atoms with Crippen LogP contribution in [0.3, 0.4) is 0 Å². The average Bonchev–Trinajstić information content (AvgIpc) is 2.90. The lowest BCUT2D eigenvalue weighted by Crippen LogP contribution is -2.30. The van der Waals surface area contributed by atoms with Gasteiger partial charge in [0.15, 0.2) is 0 Å². The van der Waals surface area contributed by atoms with Crippen LogP contribution in [-0.2, 0) is 0 Å². The van der Waals surface area contributed by atoms with Gasteiger partial charge in [0, 0.05) is 12.5 Å². The predicted octanol–water partition coefficient (Wildman–Crippen LogP) is 0.382. The SMILES string of the molecule is CC(O)CC(CNC(=O)c1n[nH]c(=O)[nH]1)c1ccccc1. The van der Waals surface area contributed by atoms with Crippen LogP contribution in [0.1, 0.15) is 35.4 Å². The molecule has 4 N–H and O–H groups in total. The van der Waals surface area contributed by atoms with Crippen LogP contribution in [0, 0.1) is 0 Å². The largest absolute Gasteiger partial charge is 0.393 e. The Balaban J connectivity index is 2.02. The topological polar surface area (TPSA) is 111 Å². The molecule has 2 rings (SSSR count). The second-order valence-corrected chi connectivity index (χ2v) is 4.93. The van der Waals surface area contributed by atoms with Gasteiger partial charge in [0.1, 0.15) is 0 Å². The first-order chi connectivity index (χ1) is 10.1. The summed E-state index contributed by atoms with van der Waals surface area (Å²) < 4.78 is 0. The van der Waals surface area contributed by atoms with Crippen molar-refractivity contribution in [2.75, 3.05) is 6.54 Å². The van der Waals surface area contributed by atoms with E-state index < -0.39 is 17.7 Å². The summed E-state index contributed by atoms with van der Waals surface area (Å²) in [5.74, 6) is -0.524. The fourth-order valence-corrected chi connectivity index (χ4v) is 2.15. The number of rotatable bonds is 6. The lowest BCUT2D eigenvalue weighted by molar-refractivity contribution is 0.0935. The highest BCUT2D eigenvalue weighted by molar-refractivity contribution is 5.90. The third kappa shape index (κ3) is 4.28. The number of carbonyl (C=O) groups is 1. The van der Waals surface area contributed by atoms with Gasteiger partial charge in [-0.05, 0) is 18.9 Å². The van der Waals surface area contributed by atoms with Gasteiger partial charge in [0.2, 0.25) is 5.82 Å². The van der Waals surface area contributed by atoms with Crippen LogP contribution in [0.5, 0.6) is 0 Å². The van der Waals surface area contributed by atoms with Crippen molar-refractivity contribution in [3.63, 3.8) is 0 Å².